The third-order valence-corrected chi connectivity index (χ3v) is 4.62. The highest BCUT2D eigenvalue weighted by Crippen LogP contribution is 2.27. The molecule has 2 aromatic carbocycles. The second-order valence-electron chi connectivity index (χ2n) is 6.43. The number of benzene rings is 2. The van der Waals surface area contributed by atoms with Crippen LogP contribution in [0.2, 0.25) is 0 Å². The number of piperazine rings is 1. The first kappa shape index (κ1) is 18.4. The van der Waals surface area contributed by atoms with Gasteiger partial charge in [0.05, 0.1) is 6.04 Å². The smallest absolute Gasteiger partial charge is 0.290 e. The topological polar surface area (TPSA) is 45.5 Å². The lowest BCUT2D eigenvalue weighted by Gasteiger charge is -2.36. The summed E-state index contributed by atoms with van der Waals surface area (Å²) >= 11 is 0. The lowest BCUT2D eigenvalue weighted by Crippen LogP contribution is -2.48. The maximum atomic E-state index is 13.6. The molecule has 1 aliphatic heterocycles. The van der Waals surface area contributed by atoms with Crippen LogP contribution in [0.1, 0.15) is 27.7 Å². The van der Waals surface area contributed by atoms with Crippen molar-refractivity contribution in [3.05, 3.63) is 71.2 Å². The second kappa shape index (κ2) is 7.48. The number of hydrogen-bond acceptors (Lipinski definition) is 3. The summed E-state index contributed by atoms with van der Waals surface area (Å²) in [7, 11) is 0. The number of aryl methyl sites for hydroxylation is 1. The molecule has 1 aromatic heterocycles. The van der Waals surface area contributed by atoms with E-state index in [-0.39, 0.29) is 30.2 Å². The van der Waals surface area contributed by atoms with Gasteiger partial charge in [-0.3, -0.25) is 4.79 Å². The Bertz CT molecular complexity index is 940. The van der Waals surface area contributed by atoms with Gasteiger partial charge in [-0.05, 0) is 42.8 Å². The third kappa shape index (κ3) is 3.45. The number of carbonyl (C=O) groups is 1. The van der Waals surface area contributed by atoms with Gasteiger partial charge in [0.2, 0.25) is 0 Å². The van der Waals surface area contributed by atoms with Gasteiger partial charge in [0.25, 0.3) is 5.91 Å². The molecule has 1 saturated heterocycles. The standard InChI is InChI=1S/C20H19FN2O2.ClH/c1-13-5-6-18-15(9-13)11-19(25-18)20(24)23-8-7-22-12-17(23)14-3-2-4-16(21)10-14;/h2-6,9-11,17,22H,7-8,12H2,1H3;1H. The first-order chi connectivity index (χ1) is 12.1. The van der Waals surface area contributed by atoms with E-state index in [1.165, 1.54) is 12.1 Å². The Morgan fingerprint density at radius 1 is 1.23 bits per heavy atom. The van der Waals surface area contributed by atoms with Crippen LogP contribution in [0.4, 0.5) is 4.39 Å². The Morgan fingerprint density at radius 2 is 2.08 bits per heavy atom. The summed E-state index contributed by atoms with van der Waals surface area (Å²) in [6.07, 6.45) is 0. The minimum Gasteiger partial charge on any atom is -0.451 e. The van der Waals surface area contributed by atoms with Crippen molar-refractivity contribution >= 4 is 29.3 Å². The maximum Gasteiger partial charge on any atom is 0.290 e. The molecule has 2 heterocycles. The molecule has 0 saturated carbocycles. The van der Waals surface area contributed by atoms with Gasteiger partial charge in [0.15, 0.2) is 5.76 Å². The van der Waals surface area contributed by atoms with E-state index >= 15 is 0 Å². The van der Waals surface area contributed by atoms with Crippen LogP contribution >= 0.6 is 12.4 Å². The number of fused-ring (bicyclic) bond motifs is 1. The molecule has 1 aliphatic rings. The lowest BCUT2D eigenvalue weighted by molar-refractivity contribution is 0.0603. The molecule has 1 fully saturated rings. The van der Waals surface area contributed by atoms with Crippen LogP contribution in [0.15, 0.2) is 52.9 Å². The quantitative estimate of drug-likeness (QED) is 0.734. The summed E-state index contributed by atoms with van der Waals surface area (Å²) in [4.78, 5) is 14.8. The van der Waals surface area contributed by atoms with Crippen molar-refractivity contribution in [2.24, 2.45) is 0 Å². The number of hydrogen-bond donors (Lipinski definition) is 1. The third-order valence-electron chi connectivity index (χ3n) is 4.62. The average Bonchev–Trinajstić information content (AvgIpc) is 3.04. The Balaban J connectivity index is 0.00000196. The van der Waals surface area contributed by atoms with Gasteiger partial charge in [-0.25, -0.2) is 4.39 Å². The van der Waals surface area contributed by atoms with E-state index in [1.54, 1.807) is 17.0 Å². The van der Waals surface area contributed by atoms with Crippen LogP contribution in [-0.2, 0) is 0 Å². The van der Waals surface area contributed by atoms with Crippen molar-refractivity contribution in [2.45, 2.75) is 13.0 Å². The van der Waals surface area contributed by atoms with E-state index in [9.17, 15) is 9.18 Å². The minimum absolute atomic E-state index is 0. The van der Waals surface area contributed by atoms with Crippen LogP contribution in [0.5, 0.6) is 0 Å². The maximum absolute atomic E-state index is 13.6. The average molecular weight is 375 g/mol. The van der Waals surface area contributed by atoms with E-state index in [1.807, 2.05) is 31.2 Å². The second-order valence-corrected chi connectivity index (χ2v) is 6.43. The number of furan rings is 1. The fourth-order valence-corrected chi connectivity index (χ4v) is 3.37. The highest BCUT2D eigenvalue weighted by molar-refractivity contribution is 5.96. The molecule has 0 aliphatic carbocycles. The van der Waals surface area contributed by atoms with Crippen molar-refractivity contribution in [3.63, 3.8) is 0 Å². The fourth-order valence-electron chi connectivity index (χ4n) is 3.37. The van der Waals surface area contributed by atoms with Crippen molar-refractivity contribution in [1.29, 1.82) is 0 Å². The van der Waals surface area contributed by atoms with Gasteiger partial charge in [-0.2, -0.15) is 0 Å². The molecular formula is C20H20ClFN2O2. The Labute approximate surface area is 157 Å². The number of halogens is 2. The van der Waals surface area contributed by atoms with Crippen molar-refractivity contribution in [3.8, 4) is 0 Å². The summed E-state index contributed by atoms with van der Waals surface area (Å²) < 4.78 is 19.4. The zero-order valence-corrected chi connectivity index (χ0v) is 15.2. The molecule has 1 amide bonds. The zero-order chi connectivity index (χ0) is 17.4. The van der Waals surface area contributed by atoms with Crippen LogP contribution in [0.3, 0.4) is 0 Å². The monoisotopic (exact) mass is 374 g/mol. The largest absolute Gasteiger partial charge is 0.451 e. The molecule has 6 heteroatoms. The molecule has 4 rings (SSSR count). The molecule has 1 unspecified atom stereocenters. The van der Waals surface area contributed by atoms with Gasteiger partial charge < -0.3 is 14.6 Å². The predicted octanol–water partition coefficient (Wildman–Crippen LogP) is 4.09. The molecule has 26 heavy (non-hydrogen) atoms. The van der Waals surface area contributed by atoms with Gasteiger partial charge in [-0.15, -0.1) is 12.4 Å². The molecule has 136 valence electrons. The van der Waals surface area contributed by atoms with E-state index in [0.717, 1.165) is 16.5 Å². The van der Waals surface area contributed by atoms with Gasteiger partial charge in [0.1, 0.15) is 11.4 Å². The number of nitrogens with zero attached hydrogens (tertiary/aromatic N) is 1. The highest BCUT2D eigenvalue weighted by Gasteiger charge is 2.30. The minimum atomic E-state index is -0.297. The molecular weight excluding hydrogens is 355 g/mol. The molecule has 3 aromatic rings. The van der Waals surface area contributed by atoms with E-state index in [0.29, 0.717) is 31.0 Å². The summed E-state index contributed by atoms with van der Waals surface area (Å²) in [6, 6.07) is 13.8. The van der Waals surface area contributed by atoms with Crippen molar-refractivity contribution < 1.29 is 13.6 Å². The first-order valence-electron chi connectivity index (χ1n) is 8.39. The fraction of sp³-hybridized carbons (Fsp3) is 0.250. The summed E-state index contributed by atoms with van der Waals surface area (Å²) in [5.41, 5.74) is 2.60. The predicted molar refractivity (Wildman–Crippen MR) is 101 cm³/mol. The summed E-state index contributed by atoms with van der Waals surface area (Å²) in [5, 5.41) is 4.19. The van der Waals surface area contributed by atoms with Gasteiger partial charge >= 0.3 is 0 Å². The van der Waals surface area contributed by atoms with Crippen LogP contribution in [0, 0.1) is 12.7 Å². The van der Waals surface area contributed by atoms with Crippen LogP contribution in [0.25, 0.3) is 11.0 Å². The van der Waals surface area contributed by atoms with E-state index < -0.39 is 0 Å². The van der Waals surface area contributed by atoms with Crippen LogP contribution in [-0.4, -0.2) is 30.4 Å². The SMILES string of the molecule is Cc1ccc2oc(C(=O)N3CCNCC3c3cccc(F)c3)cc2c1.Cl. The molecule has 1 N–H and O–H groups in total. The molecule has 0 radical (unpaired) electrons. The Kier molecular flexibility index (Phi) is 5.30. The van der Waals surface area contributed by atoms with Crippen molar-refractivity contribution in [2.75, 3.05) is 19.6 Å². The number of rotatable bonds is 2. The van der Waals surface area contributed by atoms with Crippen molar-refractivity contribution in [1.82, 2.24) is 10.2 Å². The summed E-state index contributed by atoms with van der Waals surface area (Å²) in [5.74, 6) is -0.136. The Hall–Kier alpha value is -2.37. The normalized spacial score (nSPS) is 17.2. The molecule has 4 nitrogen and oxygen atoms in total. The lowest BCUT2D eigenvalue weighted by atomic mass is 10.0. The molecule has 1 atom stereocenters. The number of nitrogens with one attached hydrogen (secondary N) is 1. The summed E-state index contributed by atoms with van der Waals surface area (Å²) in [6.45, 7) is 3.85. The molecule has 0 bridgehead atoms. The van der Waals surface area contributed by atoms with Gasteiger partial charge in [-0.1, -0.05) is 23.8 Å². The number of carbonyl (C=O) groups excluding carboxylic acids is 1. The van der Waals surface area contributed by atoms with Gasteiger partial charge in [0, 0.05) is 25.0 Å². The van der Waals surface area contributed by atoms with E-state index in [2.05, 4.69) is 5.32 Å². The highest BCUT2D eigenvalue weighted by atomic mass is 35.5. The van der Waals surface area contributed by atoms with Crippen LogP contribution < -0.4 is 5.32 Å². The Morgan fingerprint density at radius 3 is 2.88 bits per heavy atom. The number of amides is 1. The van der Waals surface area contributed by atoms with E-state index in [4.69, 9.17) is 4.42 Å². The first-order valence-corrected chi connectivity index (χ1v) is 8.39. The molecule has 0 spiro atoms. The zero-order valence-electron chi connectivity index (χ0n) is 14.4.